The van der Waals surface area contributed by atoms with Crippen LogP contribution in [-0.4, -0.2) is 13.2 Å². The number of nitrogens with zero attached hydrogens (tertiary/aromatic N) is 2. The van der Waals surface area contributed by atoms with Gasteiger partial charge in [-0.25, -0.2) is 0 Å². The average Bonchev–Trinajstić information content (AvgIpc) is 2.81. The Morgan fingerprint density at radius 1 is 1.07 bits per heavy atom. The molecule has 0 saturated carbocycles. The van der Waals surface area contributed by atoms with Gasteiger partial charge in [0.1, 0.15) is 12.1 Å². The van der Waals surface area contributed by atoms with Gasteiger partial charge < -0.3 is 9.47 Å². The fraction of sp³-hybridized carbons (Fsp3) is 0.273. The second-order valence-electron chi connectivity index (χ2n) is 3.10. The molecule has 1 heterocycles. The monoisotopic (exact) mass is 200 g/mol. The molecule has 2 rings (SSSR count). The van der Waals surface area contributed by atoms with Crippen LogP contribution in [0.5, 0.6) is 0 Å². The number of hydrogen-bond donors (Lipinski definition) is 0. The summed E-state index contributed by atoms with van der Waals surface area (Å²) in [6.07, 6.45) is -0.398. The van der Waals surface area contributed by atoms with Crippen molar-refractivity contribution in [2.24, 2.45) is 0 Å². The third-order valence-electron chi connectivity index (χ3n) is 2.18. The normalized spacial score (nSPS) is 15.9. The van der Waals surface area contributed by atoms with E-state index in [1.807, 2.05) is 12.1 Å². The maximum Gasteiger partial charge on any atom is 0.184 e. The number of rotatable bonds is 1. The minimum absolute atomic E-state index is 0.356. The van der Waals surface area contributed by atoms with Gasteiger partial charge in [0.05, 0.1) is 24.3 Å². The van der Waals surface area contributed by atoms with Gasteiger partial charge in [-0.05, 0) is 12.1 Å². The molecule has 0 N–H and O–H groups in total. The van der Waals surface area contributed by atoms with E-state index in [-0.39, 0.29) is 0 Å². The van der Waals surface area contributed by atoms with Crippen LogP contribution in [0.4, 0.5) is 0 Å². The van der Waals surface area contributed by atoms with Crippen LogP contribution in [0.1, 0.15) is 23.0 Å². The SMILES string of the molecule is N#Cc1ccc(C2OCCO2)cc1C#N. The zero-order valence-electron chi connectivity index (χ0n) is 7.93. The van der Waals surface area contributed by atoms with Gasteiger partial charge in [-0.15, -0.1) is 0 Å². The molecule has 74 valence electrons. The van der Waals surface area contributed by atoms with E-state index >= 15 is 0 Å². The van der Waals surface area contributed by atoms with E-state index in [0.29, 0.717) is 24.3 Å². The lowest BCUT2D eigenvalue weighted by Crippen LogP contribution is -1.99. The van der Waals surface area contributed by atoms with Gasteiger partial charge in [-0.2, -0.15) is 10.5 Å². The predicted molar refractivity (Wildman–Crippen MR) is 50.5 cm³/mol. The lowest BCUT2D eigenvalue weighted by molar-refractivity contribution is -0.0441. The number of nitriles is 2. The van der Waals surface area contributed by atoms with Crippen molar-refractivity contribution in [2.45, 2.75) is 6.29 Å². The minimum atomic E-state index is -0.398. The molecular formula is C11H8N2O2. The lowest BCUT2D eigenvalue weighted by Gasteiger charge is -2.09. The molecule has 4 nitrogen and oxygen atoms in total. The summed E-state index contributed by atoms with van der Waals surface area (Å²) in [6, 6.07) is 8.93. The first-order valence-corrected chi connectivity index (χ1v) is 4.52. The Kier molecular flexibility index (Phi) is 2.64. The molecule has 0 radical (unpaired) electrons. The van der Waals surface area contributed by atoms with Crippen LogP contribution in [0.25, 0.3) is 0 Å². The van der Waals surface area contributed by atoms with Gasteiger partial charge >= 0.3 is 0 Å². The second kappa shape index (κ2) is 4.10. The fourth-order valence-corrected chi connectivity index (χ4v) is 1.45. The largest absolute Gasteiger partial charge is 0.346 e. The van der Waals surface area contributed by atoms with Crippen LogP contribution in [0.3, 0.4) is 0 Å². The Morgan fingerprint density at radius 3 is 2.33 bits per heavy atom. The third kappa shape index (κ3) is 1.82. The lowest BCUT2D eigenvalue weighted by atomic mass is 10.1. The maximum atomic E-state index is 8.83. The van der Waals surface area contributed by atoms with Crippen molar-refractivity contribution in [2.75, 3.05) is 13.2 Å². The first kappa shape index (κ1) is 9.67. The summed E-state index contributed by atoms with van der Waals surface area (Å²) in [4.78, 5) is 0. The Morgan fingerprint density at radius 2 is 1.73 bits per heavy atom. The predicted octanol–water partition coefficient (Wildman–Crippen LogP) is 1.48. The summed E-state index contributed by atoms with van der Waals surface area (Å²) in [5, 5.41) is 17.6. The number of benzene rings is 1. The molecule has 15 heavy (non-hydrogen) atoms. The summed E-state index contributed by atoms with van der Waals surface area (Å²) < 4.78 is 10.6. The first-order chi connectivity index (χ1) is 7.35. The van der Waals surface area contributed by atoms with Gasteiger partial charge in [0.2, 0.25) is 0 Å². The van der Waals surface area contributed by atoms with Crippen molar-refractivity contribution in [1.82, 2.24) is 0 Å². The zero-order valence-corrected chi connectivity index (χ0v) is 7.93. The van der Waals surface area contributed by atoms with E-state index in [2.05, 4.69) is 0 Å². The van der Waals surface area contributed by atoms with Crippen molar-refractivity contribution in [3.05, 3.63) is 34.9 Å². The molecule has 4 heteroatoms. The second-order valence-corrected chi connectivity index (χ2v) is 3.10. The Balaban J connectivity index is 2.36. The molecule has 1 aromatic rings. The zero-order chi connectivity index (χ0) is 10.7. The van der Waals surface area contributed by atoms with Crippen molar-refractivity contribution in [3.63, 3.8) is 0 Å². The summed E-state index contributed by atoms with van der Waals surface area (Å²) in [5.41, 5.74) is 1.51. The van der Waals surface area contributed by atoms with E-state index in [1.165, 1.54) is 0 Å². The molecule has 1 aliphatic heterocycles. The van der Waals surface area contributed by atoms with Crippen molar-refractivity contribution >= 4 is 0 Å². The van der Waals surface area contributed by atoms with Crippen LogP contribution >= 0.6 is 0 Å². The van der Waals surface area contributed by atoms with E-state index in [4.69, 9.17) is 20.0 Å². The topological polar surface area (TPSA) is 66.0 Å². The van der Waals surface area contributed by atoms with Crippen molar-refractivity contribution in [1.29, 1.82) is 10.5 Å². The molecular weight excluding hydrogens is 192 g/mol. The van der Waals surface area contributed by atoms with Crippen LogP contribution < -0.4 is 0 Å². The molecule has 0 aromatic heterocycles. The molecule has 1 aliphatic rings. The third-order valence-corrected chi connectivity index (χ3v) is 2.18. The summed E-state index contributed by atoms with van der Waals surface area (Å²) in [7, 11) is 0. The van der Waals surface area contributed by atoms with E-state index < -0.39 is 6.29 Å². The molecule has 0 unspecified atom stereocenters. The Labute approximate surface area is 87.3 Å². The van der Waals surface area contributed by atoms with Gasteiger partial charge in [-0.3, -0.25) is 0 Å². The molecule has 1 saturated heterocycles. The molecule has 0 aliphatic carbocycles. The Bertz CT molecular complexity index is 451. The van der Waals surface area contributed by atoms with Crippen LogP contribution in [0, 0.1) is 22.7 Å². The highest BCUT2D eigenvalue weighted by Gasteiger charge is 2.19. The van der Waals surface area contributed by atoms with Gasteiger partial charge in [0, 0.05) is 5.56 Å². The highest BCUT2D eigenvalue weighted by Crippen LogP contribution is 2.24. The standard InChI is InChI=1S/C11H8N2O2/c12-6-9-2-1-8(5-10(9)7-13)11-14-3-4-15-11/h1-2,5,11H,3-4H2. The van der Waals surface area contributed by atoms with Gasteiger partial charge in [0.15, 0.2) is 6.29 Å². The molecule has 0 bridgehead atoms. The molecule has 0 atom stereocenters. The molecule has 0 spiro atoms. The van der Waals surface area contributed by atoms with Crippen LogP contribution in [-0.2, 0) is 9.47 Å². The molecule has 1 aromatic carbocycles. The van der Waals surface area contributed by atoms with Crippen LogP contribution in [0.2, 0.25) is 0 Å². The molecule has 0 amide bonds. The summed E-state index contributed by atoms with van der Waals surface area (Å²) in [6.45, 7) is 1.12. The van der Waals surface area contributed by atoms with Gasteiger partial charge in [0.25, 0.3) is 0 Å². The highest BCUT2D eigenvalue weighted by atomic mass is 16.7. The summed E-state index contributed by atoms with van der Waals surface area (Å²) in [5.74, 6) is 0. The minimum Gasteiger partial charge on any atom is -0.346 e. The molecule has 1 fully saturated rings. The van der Waals surface area contributed by atoms with Crippen molar-refractivity contribution < 1.29 is 9.47 Å². The number of ether oxygens (including phenoxy) is 2. The smallest absolute Gasteiger partial charge is 0.184 e. The highest BCUT2D eigenvalue weighted by molar-refractivity contribution is 5.47. The van der Waals surface area contributed by atoms with Crippen LogP contribution in [0.15, 0.2) is 18.2 Å². The van der Waals surface area contributed by atoms with E-state index in [9.17, 15) is 0 Å². The first-order valence-electron chi connectivity index (χ1n) is 4.52. The quantitative estimate of drug-likeness (QED) is 0.688. The maximum absolute atomic E-state index is 8.83. The average molecular weight is 200 g/mol. The van der Waals surface area contributed by atoms with Gasteiger partial charge in [-0.1, -0.05) is 6.07 Å². The fourth-order valence-electron chi connectivity index (χ4n) is 1.45. The van der Waals surface area contributed by atoms with Crippen molar-refractivity contribution in [3.8, 4) is 12.1 Å². The Hall–Kier alpha value is -1.88. The van der Waals surface area contributed by atoms with E-state index in [0.717, 1.165) is 5.56 Å². The van der Waals surface area contributed by atoms with E-state index in [1.54, 1.807) is 18.2 Å². The summed E-state index contributed by atoms with van der Waals surface area (Å²) >= 11 is 0. The number of hydrogen-bond acceptors (Lipinski definition) is 4.